The number of esters is 1. The molecule has 1 aromatic rings. The van der Waals surface area contributed by atoms with Crippen LogP contribution in [0, 0.1) is 21.4 Å². The van der Waals surface area contributed by atoms with E-state index in [1.807, 2.05) is 0 Å². The monoisotopic (exact) mass is 222 g/mol. The lowest BCUT2D eigenvalue weighted by Crippen LogP contribution is -2.06. The summed E-state index contributed by atoms with van der Waals surface area (Å²) in [5.74, 6) is -1.69. The summed E-state index contributed by atoms with van der Waals surface area (Å²) in [5, 5.41) is 28.6. The number of carbonyl (C=O) groups is 1. The first kappa shape index (κ1) is 11.5. The molecule has 0 unspecified atom stereocenters. The second-order valence-electron chi connectivity index (χ2n) is 2.75. The third-order valence-electron chi connectivity index (χ3n) is 1.81. The molecule has 0 saturated heterocycles. The van der Waals surface area contributed by atoms with Crippen LogP contribution in [0.15, 0.2) is 12.1 Å². The van der Waals surface area contributed by atoms with Gasteiger partial charge in [-0.2, -0.15) is 5.26 Å². The van der Waals surface area contributed by atoms with Crippen LogP contribution in [-0.2, 0) is 4.74 Å². The first-order valence-electron chi connectivity index (χ1n) is 4.01. The molecule has 0 aliphatic heterocycles. The molecule has 0 saturated carbocycles. The maximum atomic E-state index is 11.2. The van der Waals surface area contributed by atoms with Crippen LogP contribution in [0.2, 0.25) is 0 Å². The Morgan fingerprint density at radius 3 is 2.69 bits per heavy atom. The molecule has 82 valence electrons. The number of nitro groups is 1. The van der Waals surface area contributed by atoms with Gasteiger partial charge in [0.25, 0.3) is 5.69 Å². The SMILES string of the molecule is COC(=O)c1c(O)cc(C#N)cc1[N+](=O)[O-]. The Balaban J connectivity index is 3.53. The Hall–Kier alpha value is -2.62. The third-order valence-corrected chi connectivity index (χ3v) is 1.81. The average Bonchev–Trinajstić information content (AvgIpc) is 2.26. The molecule has 0 aliphatic rings. The summed E-state index contributed by atoms with van der Waals surface area (Å²) in [6.45, 7) is 0. The highest BCUT2D eigenvalue weighted by atomic mass is 16.6. The van der Waals surface area contributed by atoms with Gasteiger partial charge >= 0.3 is 5.97 Å². The standard InChI is InChI=1S/C9H6N2O5/c1-16-9(13)8-6(11(14)15)2-5(4-10)3-7(8)12/h2-3,12H,1H3. The van der Waals surface area contributed by atoms with E-state index < -0.39 is 27.9 Å². The molecule has 0 radical (unpaired) electrons. The van der Waals surface area contributed by atoms with Gasteiger partial charge in [-0.1, -0.05) is 0 Å². The van der Waals surface area contributed by atoms with Crippen LogP contribution in [0.5, 0.6) is 5.75 Å². The maximum absolute atomic E-state index is 11.2. The van der Waals surface area contributed by atoms with E-state index in [4.69, 9.17) is 5.26 Å². The van der Waals surface area contributed by atoms with E-state index >= 15 is 0 Å². The van der Waals surface area contributed by atoms with E-state index in [9.17, 15) is 20.0 Å². The number of nitriles is 1. The van der Waals surface area contributed by atoms with Crippen molar-refractivity contribution in [3.8, 4) is 11.8 Å². The topological polar surface area (TPSA) is 113 Å². The van der Waals surface area contributed by atoms with E-state index in [2.05, 4.69) is 4.74 Å². The molecule has 0 aromatic heterocycles. The summed E-state index contributed by atoms with van der Waals surface area (Å²) in [6, 6.07) is 3.48. The minimum atomic E-state index is -1.03. The van der Waals surface area contributed by atoms with Crippen LogP contribution >= 0.6 is 0 Å². The lowest BCUT2D eigenvalue weighted by Gasteiger charge is -2.03. The van der Waals surface area contributed by atoms with Gasteiger partial charge in [-0.25, -0.2) is 4.79 Å². The Morgan fingerprint density at radius 2 is 2.25 bits per heavy atom. The van der Waals surface area contributed by atoms with Crippen molar-refractivity contribution in [2.24, 2.45) is 0 Å². The minimum absolute atomic E-state index is 0.114. The van der Waals surface area contributed by atoms with Gasteiger partial charge in [0.1, 0.15) is 5.75 Å². The maximum Gasteiger partial charge on any atom is 0.348 e. The molecule has 0 fully saturated rings. The van der Waals surface area contributed by atoms with Crippen molar-refractivity contribution in [1.82, 2.24) is 0 Å². The van der Waals surface area contributed by atoms with Crippen molar-refractivity contribution in [2.45, 2.75) is 0 Å². The second-order valence-corrected chi connectivity index (χ2v) is 2.75. The molecule has 0 bridgehead atoms. The summed E-state index contributed by atoms with van der Waals surface area (Å²) < 4.78 is 4.30. The van der Waals surface area contributed by atoms with Crippen molar-refractivity contribution in [3.63, 3.8) is 0 Å². The fourth-order valence-electron chi connectivity index (χ4n) is 1.13. The zero-order valence-corrected chi connectivity index (χ0v) is 8.13. The van der Waals surface area contributed by atoms with Crippen molar-refractivity contribution in [1.29, 1.82) is 5.26 Å². The minimum Gasteiger partial charge on any atom is -0.507 e. The first-order chi connectivity index (χ1) is 7.51. The molecule has 1 aromatic carbocycles. The van der Waals surface area contributed by atoms with Gasteiger partial charge in [-0.15, -0.1) is 0 Å². The van der Waals surface area contributed by atoms with Gasteiger partial charge in [0, 0.05) is 6.07 Å². The van der Waals surface area contributed by atoms with Crippen molar-refractivity contribution < 1.29 is 19.6 Å². The molecule has 0 heterocycles. The van der Waals surface area contributed by atoms with Crippen LogP contribution in [-0.4, -0.2) is 23.1 Å². The largest absolute Gasteiger partial charge is 0.507 e. The number of ether oxygens (including phenoxy) is 1. The van der Waals surface area contributed by atoms with E-state index in [0.29, 0.717) is 0 Å². The molecule has 0 aliphatic carbocycles. The van der Waals surface area contributed by atoms with Gasteiger partial charge < -0.3 is 9.84 Å². The van der Waals surface area contributed by atoms with E-state index in [1.165, 1.54) is 0 Å². The fourth-order valence-corrected chi connectivity index (χ4v) is 1.13. The number of carbonyl (C=O) groups excluding carboxylic acids is 1. The average molecular weight is 222 g/mol. The van der Waals surface area contributed by atoms with E-state index in [0.717, 1.165) is 19.2 Å². The smallest absolute Gasteiger partial charge is 0.348 e. The Kier molecular flexibility index (Phi) is 3.06. The number of hydrogen-bond acceptors (Lipinski definition) is 6. The highest BCUT2D eigenvalue weighted by Crippen LogP contribution is 2.29. The van der Waals surface area contributed by atoms with Crippen LogP contribution in [0.4, 0.5) is 5.69 Å². The Bertz CT molecular complexity index is 503. The number of rotatable bonds is 2. The molecule has 0 spiro atoms. The molecule has 7 nitrogen and oxygen atoms in total. The number of nitro benzene ring substituents is 1. The molecule has 0 amide bonds. The van der Waals surface area contributed by atoms with Gasteiger partial charge in [0.15, 0.2) is 5.56 Å². The van der Waals surface area contributed by atoms with E-state index in [-0.39, 0.29) is 5.56 Å². The lowest BCUT2D eigenvalue weighted by atomic mass is 10.1. The zero-order valence-electron chi connectivity index (χ0n) is 8.13. The lowest BCUT2D eigenvalue weighted by molar-refractivity contribution is -0.385. The van der Waals surface area contributed by atoms with E-state index in [1.54, 1.807) is 6.07 Å². The third kappa shape index (κ3) is 1.90. The Labute approximate surface area is 89.6 Å². The highest BCUT2D eigenvalue weighted by molar-refractivity contribution is 5.97. The molecular weight excluding hydrogens is 216 g/mol. The quantitative estimate of drug-likeness (QED) is 0.452. The number of aromatic hydroxyl groups is 1. The number of hydrogen-bond donors (Lipinski definition) is 1. The number of phenols is 1. The molecule has 1 rings (SSSR count). The van der Waals surface area contributed by atoms with Crippen molar-refractivity contribution in [3.05, 3.63) is 33.4 Å². The van der Waals surface area contributed by atoms with Crippen LogP contribution in [0.3, 0.4) is 0 Å². The van der Waals surface area contributed by atoms with Gasteiger partial charge in [0.2, 0.25) is 0 Å². The van der Waals surface area contributed by atoms with Crippen molar-refractivity contribution in [2.75, 3.05) is 7.11 Å². The molecule has 0 atom stereocenters. The van der Waals surface area contributed by atoms with Gasteiger partial charge in [-0.3, -0.25) is 10.1 Å². The predicted molar refractivity (Wildman–Crippen MR) is 50.8 cm³/mol. The summed E-state index contributed by atoms with van der Waals surface area (Å²) in [5.41, 5.74) is -1.34. The number of phenolic OH excluding ortho intramolecular Hbond substituents is 1. The summed E-state index contributed by atoms with van der Waals surface area (Å²) in [6.07, 6.45) is 0. The molecule has 7 heteroatoms. The van der Waals surface area contributed by atoms with Crippen LogP contribution < -0.4 is 0 Å². The molecule has 16 heavy (non-hydrogen) atoms. The highest BCUT2D eigenvalue weighted by Gasteiger charge is 2.26. The molecular formula is C9H6N2O5. The number of nitrogens with zero attached hydrogens (tertiary/aromatic N) is 2. The first-order valence-corrected chi connectivity index (χ1v) is 4.01. The van der Waals surface area contributed by atoms with Gasteiger partial charge in [0.05, 0.1) is 23.7 Å². The summed E-state index contributed by atoms with van der Waals surface area (Å²) in [7, 11) is 1.03. The van der Waals surface area contributed by atoms with Crippen LogP contribution in [0.25, 0.3) is 0 Å². The second kappa shape index (κ2) is 4.27. The Morgan fingerprint density at radius 1 is 1.62 bits per heavy atom. The zero-order chi connectivity index (χ0) is 12.3. The summed E-state index contributed by atoms with van der Waals surface area (Å²) in [4.78, 5) is 21.0. The van der Waals surface area contributed by atoms with Gasteiger partial charge in [-0.05, 0) is 6.07 Å². The number of methoxy groups -OCH3 is 1. The molecule has 1 N–H and O–H groups in total. The number of benzene rings is 1. The normalized spacial score (nSPS) is 9.25. The summed E-state index contributed by atoms with van der Waals surface area (Å²) >= 11 is 0. The van der Waals surface area contributed by atoms with Crippen molar-refractivity contribution >= 4 is 11.7 Å². The predicted octanol–water partition coefficient (Wildman–Crippen LogP) is 0.959. The fraction of sp³-hybridized carbons (Fsp3) is 0.111. The van der Waals surface area contributed by atoms with Crippen LogP contribution in [0.1, 0.15) is 15.9 Å².